The zero-order valence-corrected chi connectivity index (χ0v) is 21.9. The summed E-state index contributed by atoms with van der Waals surface area (Å²) in [7, 11) is -2.12. The molecule has 198 valence electrons. The lowest BCUT2D eigenvalue weighted by Gasteiger charge is -2.29. The summed E-state index contributed by atoms with van der Waals surface area (Å²) in [6.45, 7) is 1.28. The van der Waals surface area contributed by atoms with Crippen LogP contribution >= 0.6 is 0 Å². The van der Waals surface area contributed by atoms with E-state index in [4.69, 9.17) is 28.8 Å². The molecule has 1 fully saturated rings. The van der Waals surface area contributed by atoms with E-state index in [-0.39, 0.29) is 17.8 Å². The molecule has 2 unspecified atom stereocenters. The smallest absolute Gasteiger partial charge is 0.238 e. The van der Waals surface area contributed by atoms with Crippen molar-refractivity contribution in [3.8, 4) is 22.6 Å². The number of rotatable bonds is 9. The number of ether oxygens (including phenoxy) is 3. The molecule has 1 aliphatic heterocycles. The molecule has 1 saturated heterocycles. The molecule has 1 aromatic heterocycles. The van der Waals surface area contributed by atoms with Crippen molar-refractivity contribution in [2.24, 2.45) is 5.14 Å². The van der Waals surface area contributed by atoms with E-state index >= 15 is 0 Å². The lowest BCUT2D eigenvalue weighted by Crippen LogP contribution is -2.25. The summed E-state index contributed by atoms with van der Waals surface area (Å²) in [6, 6.07) is 24.3. The Morgan fingerprint density at radius 3 is 2.50 bits per heavy atom. The summed E-state index contributed by atoms with van der Waals surface area (Å²) in [5, 5.41) is 5.25. The Bertz CT molecular complexity index is 1470. The van der Waals surface area contributed by atoms with Gasteiger partial charge < -0.3 is 18.6 Å². The maximum Gasteiger partial charge on any atom is 0.238 e. The van der Waals surface area contributed by atoms with E-state index in [2.05, 4.69) is 12.1 Å². The van der Waals surface area contributed by atoms with Gasteiger partial charge in [0.2, 0.25) is 15.9 Å². The minimum Gasteiger partial charge on any atom is -0.437 e. The highest BCUT2D eigenvalue weighted by Crippen LogP contribution is 2.34. The molecule has 0 amide bonds. The van der Waals surface area contributed by atoms with Crippen molar-refractivity contribution in [2.45, 2.75) is 43.2 Å². The van der Waals surface area contributed by atoms with Gasteiger partial charge in [-0.1, -0.05) is 54.6 Å². The van der Waals surface area contributed by atoms with Gasteiger partial charge in [0.1, 0.15) is 12.3 Å². The van der Waals surface area contributed by atoms with Gasteiger partial charge in [0.05, 0.1) is 18.1 Å². The largest absolute Gasteiger partial charge is 0.437 e. The van der Waals surface area contributed by atoms with E-state index in [9.17, 15) is 8.42 Å². The Morgan fingerprint density at radius 2 is 1.76 bits per heavy atom. The molecule has 0 radical (unpaired) electrons. The fourth-order valence-electron chi connectivity index (χ4n) is 4.63. The van der Waals surface area contributed by atoms with Gasteiger partial charge in [-0.15, -0.1) is 0 Å². The van der Waals surface area contributed by atoms with Crippen LogP contribution in [0.15, 0.2) is 88.2 Å². The molecule has 0 saturated carbocycles. The fraction of sp³-hybridized carbons (Fsp3) is 0.276. The Balaban J connectivity index is 1.32. The van der Waals surface area contributed by atoms with Crippen LogP contribution in [-0.4, -0.2) is 33.4 Å². The first-order valence-corrected chi connectivity index (χ1v) is 13.9. The van der Waals surface area contributed by atoms with Crippen LogP contribution in [0.4, 0.5) is 0 Å². The molecule has 38 heavy (non-hydrogen) atoms. The molecule has 0 spiro atoms. The average Bonchev–Trinajstić information content (AvgIpc) is 3.37. The molecule has 0 aliphatic carbocycles. The molecule has 5 rings (SSSR count). The molecule has 1 aliphatic rings. The van der Waals surface area contributed by atoms with Crippen LogP contribution < -0.4 is 5.14 Å². The maximum atomic E-state index is 11.7. The monoisotopic (exact) mass is 534 g/mol. The summed E-state index contributed by atoms with van der Waals surface area (Å²) in [5.74, 6) is 1.35. The van der Waals surface area contributed by atoms with Crippen molar-refractivity contribution < 1.29 is 27.0 Å². The second-order valence-electron chi connectivity index (χ2n) is 9.22. The molecule has 8 nitrogen and oxygen atoms in total. The van der Waals surface area contributed by atoms with Gasteiger partial charge in [-0.05, 0) is 47.7 Å². The van der Waals surface area contributed by atoms with Crippen molar-refractivity contribution in [2.75, 3.05) is 13.7 Å². The van der Waals surface area contributed by atoms with E-state index < -0.39 is 10.0 Å². The highest BCUT2D eigenvalue weighted by molar-refractivity contribution is 7.89. The number of primary sulfonamides is 1. The number of sulfonamides is 1. The summed E-state index contributed by atoms with van der Waals surface area (Å²) in [4.78, 5) is 4.74. The topological polar surface area (TPSA) is 114 Å². The maximum absolute atomic E-state index is 11.7. The van der Waals surface area contributed by atoms with Crippen LogP contribution in [0.3, 0.4) is 0 Å². The van der Waals surface area contributed by atoms with Gasteiger partial charge in [0, 0.05) is 24.7 Å². The number of oxazole rings is 1. The molecule has 9 heteroatoms. The zero-order valence-electron chi connectivity index (χ0n) is 21.1. The lowest BCUT2D eigenvalue weighted by atomic mass is 9.90. The summed E-state index contributed by atoms with van der Waals surface area (Å²) >= 11 is 0. The van der Waals surface area contributed by atoms with Gasteiger partial charge in [0.15, 0.2) is 12.1 Å². The van der Waals surface area contributed by atoms with Crippen molar-refractivity contribution in [1.29, 1.82) is 0 Å². The molecule has 3 aromatic carbocycles. The number of hydrogen-bond acceptors (Lipinski definition) is 7. The number of benzene rings is 3. The van der Waals surface area contributed by atoms with E-state index in [1.807, 2.05) is 42.5 Å². The predicted octanol–water partition coefficient (Wildman–Crippen LogP) is 5.24. The third-order valence-corrected chi connectivity index (χ3v) is 7.52. The van der Waals surface area contributed by atoms with Crippen LogP contribution in [0, 0.1) is 0 Å². The molecule has 2 atom stereocenters. The SMILES string of the molecule is COC1CC(c2cccc(COCc3nc(-c4ccccc4)c(-c4ccc(S(N)(=O)=O)cc4)o3)c2)CCO1. The number of methoxy groups -OCH3 is 1. The summed E-state index contributed by atoms with van der Waals surface area (Å²) < 4.78 is 46.4. The van der Waals surface area contributed by atoms with Crippen LogP contribution in [0.25, 0.3) is 22.6 Å². The second-order valence-corrected chi connectivity index (χ2v) is 10.8. The van der Waals surface area contributed by atoms with Crippen LogP contribution in [0.2, 0.25) is 0 Å². The number of aromatic nitrogens is 1. The van der Waals surface area contributed by atoms with E-state index in [0.29, 0.717) is 42.0 Å². The van der Waals surface area contributed by atoms with E-state index in [0.717, 1.165) is 24.0 Å². The minimum atomic E-state index is -3.79. The first-order chi connectivity index (χ1) is 18.4. The highest BCUT2D eigenvalue weighted by Gasteiger charge is 2.24. The van der Waals surface area contributed by atoms with Crippen LogP contribution in [0.5, 0.6) is 0 Å². The molecular formula is C29H30N2O6S. The van der Waals surface area contributed by atoms with Crippen LogP contribution in [0.1, 0.15) is 35.8 Å². The molecule has 2 N–H and O–H groups in total. The number of nitrogens with two attached hydrogens (primary N) is 1. The van der Waals surface area contributed by atoms with Gasteiger partial charge in [-0.2, -0.15) is 0 Å². The molecular weight excluding hydrogens is 504 g/mol. The van der Waals surface area contributed by atoms with Gasteiger partial charge in [-0.3, -0.25) is 0 Å². The molecule has 2 heterocycles. The number of hydrogen-bond donors (Lipinski definition) is 1. The fourth-order valence-corrected chi connectivity index (χ4v) is 5.14. The van der Waals surface area contributed by atoms with E-state index in [1.165, 1.54) is 17.7 Å². The Morgan fingerprint density at radius 1 is 0.974 bits per heavy atom. The van der Waals surface area contributed by atoms with Gasteiger partial charge >= 0.3 is 0 Å². The number of nitrogens with zero attached hydrogens (tertiary/aromatic N) is 1. The Labute approximate surface area is 222 Å². The summed E-state index contributed by atoms with van der Waals surface area (Å²) in [6.07, 6.45) is 1.63. The zero-order chi connectivity index (χ0) is 26.5. The standard InChI is InChI=1S/C29H30N2O6S/c1-34-27-17-24(14-15-36-27)23-9-5-6-20(16-23)18-35-19-26-31-28(21-7-3-2-4-8-21)29(37-26)22-10-12-25(13-11-22)38(30,32)33/h2-13,16,24,27H,14-15,17-19H2,1H3,(H2,30,32,33). The van der Waals surface area contributed by atoms with Gasteiger partial charge in [-0.25, -0.2) is 18.5 Å². The summed E-state index contributed by atoms with van der Waals surface area (Å²) in [5.41, 5.74) is 4.54. The third-order valence-electron chi connectivity index (χ3n) is 6.59. The normalized spacial score (nSPS) is 17.9. The first kappa shape index (κ1) is 26.3. The van der Waals surface area contributed by atoms with Crippen molar-refractivity contribution in [1.82, 2.24) is 4.98 Å². The Kier molecular flexibility index (Phi) is 8.01. The second kappa shape index (κ2) is 11.6. The Hall–Kier alpha value is -3.34. The van der Waals surface area contributed by atoms with E-state index in [1.54, 1.807) is 19.2 Å². The van der Waals surface area contributed by atoms with Gasteiger partial charge in [0.25, 0.3) is 0 Å². The molecule has 0 bridgehead atoms. The first-order valence-electron chi connectivity index (χ1n) is 12.4. The van der Waals surface area contributed by atoms with Crippen molar-refractivity contribution in [3.63, 3.8) is 0 Å². The lowest BCUT2D eigenvalue weighted by molar-refractivity contribution is -0.150. The third kappa shape index (κ3) is 6.20. The predicted molar refractivity (Wildman–Crippen MR) is 142 cm³/mol. The van der Waals surface area contributed by atoms with Crippen molar-refractivity contribution >= 4 is 10.0 Å². The van der Waals surface area contributed by atoms with Crippen LogP contribution in [-0.2, 0) is 37.4 Å². The molecule has 4 aromatic rings. The highest BCUT2D eigenvalue weighted by atomic mass is 32.2. The van der Waals surface area contributed by atoms with Crippen molar-refractivity contribution in [3.05, 3.63) is 95.9 Å². The quantitative estimate of drug-likeness (QED) is 0.312. The average molecular weight is 535 g/mol. The minimum absolute atomic E-state index is 0.0336.